The zero-order valence-electron chi connectivity index (χ0n) is 17.0. The lowest BCUT2D eigenvalue weighted by molar-refractivity contribution is -0.133. The van der Waals surface area contributed by atoms with Crippen LogP contribution in [0.1, 0.15) is 16.7 Å². The van der Waals surface area contributed by atoms with Gasteiger partial charge in [0.15, 0.2) is 0 Å². The fraction of sp³-hybridized carbons (Fsp3) is 0.217. The van der Waals surface area contributed by atoms with Crippen LogP contribution < -0.4 is 4.74 Å². The average molecular weight is 392 g/mol. The van der Waals surface area contributed by atoms with E-state index < -0.39 is 5.97 Å². The summed E-state index contributed by atoms with van der Waals surface area (Å²) < 4.78 is 17.8. The smallest absolute Gasteiger partial charge is 0.341 e. The first kappa shape index (κ1) is 20.2. The van der Waals surface area contributed by atoms with Gasteiger partial charge in [0.25, 0.3) is 0 Å². The van der Waals surface area contributed by atoms with Crippen molar-refractivity contribution in [1.82, 2.24) is 9.78 Å². The normalized spacial score (nSPS) is 11.2. The molecule has 0 unspecified atom stereocenters. The Hall–Kier alpha value is -3.54. The van der Waals surface area contributed by atoms with Crippen LogP contribution in [0, 0.1) is 6.92 Å². The Morgan fingerprint density at radius 3 is 2.45 bits per heavy atom. The van der Waals surface area contributed by atoms with Crippen molar-refractivity contribution in [2.45, 2.75) is 13.5 Å². The number of ether oxygens (including phenoxy) is 3. The van der Waals surface area contributed by atoms with E-state index >= 15 is 0 Å². The number of aryl methyl sites for hydroxylation is 1. The maximum Gasteiger partial charge on any atom is 0.341 e. The molecule has 0 atom stereocenters. The summed E-state index contributed by atoms with van der Waals surface area (Å²) in [7, 11) is 4.69. The van der Waals surface area contributed by atoms with E-state index in [9.17, 15) is 4.79 Å². The lowest BCUT2D eigenvalue weighted by Crippen LogP contribution is -2.09. The number of hydrogen-bond donors (Lipinski definition) is 0. The molecular formula is C23H24N2O4. The minimum atomic E-state index is -0.470. The van der Waals surface area contributed by atoms with E-state index in [0.29, 0.717) is 17.0 Å². The summed E-state index contributed by atoms with van der Waals surface area (Å²) in [5, 5.41) is 4.61. The van der Waals surface area contributed by atoms with Crippen LogP contribution in [-0.4, -0.2) is 30.0 Å². The van der Waals surface area contributed by atoms with E-state index in [1.54, 1.807) is 4.68 Å². The summed E-state index contributed by atoms with van der Waals surface area (Å²) >= 11 is 0. The molecule has 150 valence electrons. The first-order valence-corrected chi connectivity index (χ1v) is 9.18. The minimum absolute atomic E-state index is 0.267. The molecule has 1 aromatic heterocycles. The first-order valence-electron chi connectivity index (χ1n) is 9.18. The van der Waals surface area contributed by atoms with Crippen LogP contribution in [0.3, 0.4) is 0 Å². The van der Waals surface area contributed by atoms with Gasteiger partial charge in [-0.1, -0.05) is 54.6 Å². The summed E-state index contributed by atoms with van der Waals surface area (Å²) in [5.74, 6) is 0.205. The molecule has 0 N–H and O–H groups in total. The van der Waals surface area contributed by atoms with Crippen molar-refractivity contribution in [1.29, 1.82) is 0 Å². The average Bonchev–Trinajstić information content (AvgIpc) is 3.04. The fourth-order valence-electron chi connectivity index (χ4n) is 3.19. The molecule has 0 saturated heterocycles. The van der Waals surface area contributed by atoms with E-state index in [1.165, 1.54) is 20.5 Å². The molecule has 0 saturated carbocycles. The second kappa shape index (κ2) is 9.10. The maximum atomic E-state index is 12.2. The number of benzene rings is 2. The highest BCUT2D eigenvalue weighted by molar-refractivity contribution is 6.16. The number of carbonyl (C=O) groups is 1. The van der Waals surface area contributed by atoms with Gasteiger partial charge < -0.3 is 14.2 Å². The Bertz CT molecular complexity index is 1020. The molecule has 0 fully saturated rings. The summed E-state index contributed by atoms with van der Waals surface area (Å²) in [5.41, 5.74) is 4.74. The molecule has 0 aliphatic heterocycles. The zero-order chi connectivity index (χ0) is 20.8. The van der Waals surface area contributed by atoms with Crippen LogP contribution in [0.15, 0.2) is 60.9 Å². The zero-order valence-corrected chi connectivity index (χ0v) is 17.0. The third-order valence-corrected chi connectivity index (χ3v) is 4.58. The standard InChI is InChI=1S/C23H24N2O4/c1-16-21(17-10-6-5-7-11-17)24-25(2)22(16)29-14-18-12-8-9-13-19(18)20(15-27-3)23(26)28-4/h5-13,15H,14H2,1-4H3/b20-15+. The van der Waals surface area contributed by atoms with Crippen LogP contribution in [0.5, 0.6) is 5.88 Å². The molecule has 29 heavy (non-hydrogen) atoms. The molecule has 0 radical (unpaired) electrons. The molecule has 3 aromatic rings. The number of carbonyl (C=O) groups excluding carboxylic acids is 1. The van der Waals surface area contributed by atoms with Gasteiger partial charge in [-0.25, -0.2) is 9.48 Å². The molecule has 3 rings (SSSR count). The highest BCUT2D eigenvalue weighted by atomic mass is 16.5. The molecule has 0 spiro atoms. The summed E-state index contributed by atoms with van der Waals surface area (Å²) in [4.78, 5) is 12.2. The topological polar surface area (TPSA) is 62.6 Å². The van der Waals surface area contributed by atoms with Crippen LogP contribution in [-0.2, 0) is 27.9 Å². The van der Waals surface area contributed by atoms with Crippen molar-refractivity contribution in [2.24, 2.45) is 7.05 Å². The van der Waals surface area contributed by atoms with Crippen LogP contribution in [0.25, 0.3) is 16.8 Å². The quantitative estimate of drug-likeness (QED) is 0.344. The summed E-state index contributed by atoms with van der Waals surface area (Å²) in [6, 6.07) is 17.5. The van der Waals surface area contributed by atoms with Crippen molar-refractivity contribution in [3.8, 4) is 17.1 Å². The van der Waals surface area contributed by atoms with Crippen LogP contribution in [0.4, 0.5) is 0 Å². The molecule has 0 amide bonds. The maximum absolute atomic E-state index is 12.2. The predicted molar refractivity (Wildman–Crippen MR) is 111 cm³/mol. The number of hydrogen-bond acceptors (Lipinski definition) is 5. The van der Waals surface area contributed by atoms with Crippen molar-refractivity contribution in [2.75, 3.05) is 14.2 Å². The Balaban J connectivity index is 1.89. The molecule has 1 heterocycles. The first-order chi connectivity index (χ1) is 14.1. The molecular weight excluding hydrogens is 368 g/mol. The largest absolute Gasteiger partial charge is 0.503 e. The van der Waals surface area contributed by atoms with Crippen molar-refractivity contribution in [3.63, 3.8) is 0 Å². The Labute approximate surface area is 170 Å². The Kier molecular flexibility index (Phi) is 6.34. The van der Waals surface area contributed by atoms with E-state index in [0.717, 1.165) is 22.4 Å². The van der Waals surface area contributed by atoms with E-state index in [-0.39, 0.29) is 6.61 Å². The number of aromatic nitrogens is 2. The number of methoxy groups -OCH3 is 2. The second-order valence-corrected chi connectivity index (χ2v) is 6.47. The molecule has 6 heteroatoms. The minimum Gasteiger partial charge on any atom is -0.503 e. The van der Waals surface area contributed by atoms with E-state index in [1.807, 2.05) is 68.6 Å². The lowest BCUT2D eigenvalue weighted by Gasteiger charge is -2.13. The van der Waals surface area contributed by atoms with Crippen LogP contribution >= 0.6 is 0 Å². The summed E-state index contributed by atoms with van der Waals surface area (Å²) in [6.07, 6.45) is 1.38. The predicted octanol–water partition coefficient (Wildman–Crippen LogP) is 4.13. The molecule has 0 bridgehead atoms. The Morgan fingerprint density at radius 1 is 1.07 bits per heavy atom. The van der Waals surface area contributed by atoms with Crippen molar-refractivity contribution in [3.05, 3.63) is 77.5 Å². The van der Waals surface area contributed by atoms with Crippen molar-refractivity contribution >= 4 is 11.5 Å². The monoisotopic (exact) mass is 392 g/mol. The third kappa shape index (κ3) is 4.32. The second-order valence-electron chi connectivity index (χ2n) is 6.47. The van der Waals surface area contributed by atoms with Crippen molar-refractivity contribution < 1.29 is 19.0 Å². The van der Waals surface area contributed by atoms with Gasteiger partial charge in [-0.2, -0.15) is 5.10 Å². The van der Waals surface area contributed by atoms with E-state index in [4.69, 9.17) is 14.2 Å². The SMILES string of the molecule is CO/C=C(/C(=O)OC)c1ccccc1COc1c(C)c(-c2ccccc2)nn1C. The Morgan fingerprint density at radius 2 is 1.76 bits per heavy atom. The van der Waals surface area contributed by atoms with Gasteiger partial charge in [0.05, 0.1) is 26.2 Å². The molecule has 0 aliphatic carbocycles. The number of esters is 1. The summed E-state index contributed by atoms with van der Waals surface area (Å²) in [6.45, 7) is 2.25. The highest BCUT2D eigenvalue weighted by Crippen LogP contribution is 2.30. The molecule has 6 nitrogen and oxygen atoms in total. The molecule has 2 aromatic carbocycles. The number of rotatable bonds is 7. The number of nitrogens with zero attached hydrogens (tertiary/aromatic N) is 2. The van der Waals surface area contributed by atoms with Crippen LogP contribution in [0.2, 0.25) is 0 Å². The highest BCUT2D eigenvalue weighted by Gasteiger charge is 2.19. The lowest BCUT2D eigenvalue weighted by atomic mass is 10.0. The van der Waals surface area contributed by atoms with Gasteiger partial charge in [-0.05, 0) is 18.1 Å². The fourth-order valence-corrected chi connectivity index (χ4v) is 3.19. The van der Waals surface area contributed by atoms with Gasteiger partial charge in [0.2, 0.25) is 5.88 Å². The molecule has 0 aliphatic rings. The third-order valence-electron chi connectivity index (χ3n) is 4.58. The van der Waals surface area contributed by atoms with Gasteiger partial charge >= 0.3 is 5.97 Å². The van der Waals surface area contributed by atoms with Gasteiger partial charge in [0.1, 0.15) is 12.2 Å². The van der Waals surface area contributed by atoms with Gasteiger partial charge in [0, 0.05) is 18.2 Å². The van der Waals surface area contributed by atoms with Gasteiger partial charge in [-0.15, -0.1) is 0 Å². The van der Waals surface area contributed by atoms with Gasteiger partial charge in [-0.3, -0.25) is 0 Å². The van der Waals surface area contributed by atoms with E-state index in [2.05, 4.69) is 5.10 Å².